The number of thiocarbonyl (C=S) groups is 1. The van der Waals surface area contributed by atoms with Crippen molar-refractivity contribution in [2.75, 3.05) is 36.2 Å². The second kappa shape index (κ2) is 21.1. The number of benzene rings is 3. The summed E-state index contributed by atoms with van der Waals surface area (Å²) in [4.78, 5) is 61.1. The van der Waals surface area contributed by atoms with Crippen LogP contribution in [0, 0.1) is 22.6 Å². The number of unbranched alkanes of at least 4 members (excludes halogenated alkanes) is 1. The van der Waals surface area contributed by atoms with E-state index in [-0.39, 0.29) is 55.0 Å². The molecular formula is C49H50F7N7O6S. The van der Waals surface area contributed by atoms with E-state index in [1.54, 1.807) is 20.8 Å². The molecule has 2 atom stereocenters. The van der Waals surface area contributed by atoms with Gasteiger partial charge in [0.05, 0.1) is 47.1 Å². The third kappa shape index (κ3) is 11.7. The number of carbonyl (C=O) groups is 4. The largest absolute Gasteiger partial charge is 0.493 e. The van der Waals surface area contributed by atoms with Gasteiger partial charge in [-0.2, -0.15) is 31.6 Å². The molecule has 21 heteroatoms. The van der Waals surface area contributed by atoms with E-state index in [4.69, 9.17) is 27.0 Å². The van der Waals surface area contributed by atoms with Crippen molar-refractivity contribution in [2.45, 2.75) is 96.8 Å². The monoisotopic (exact) mass is 997 g/mol. The van der Waals surface area contributed by atoms with Gasteiger partial charge in [0.25, 0.3) is 5.91 Å². The van der Waals surface area contributed by atoms with Crippen LogP contribution in [0.3, 0.4) is 0 Å². The quantitative estimate of drug-likeness (QED) is 0.0632. The number of carbonyl (C=O) groups excluding carboxylic acids is 4. The fourth-order valence-corrected chi connectivity index (χ4v) is 8.67. The minimum Gasteiger partial charge on any atom is -0.493 e. The van der Waals surface area contributed by atoms with Crippen molar-refractivity contribution in [3.8, 4) is 23.1 Å². The Morgan fingerprint density at radius 1 is 0.957 bits per heavy atom. The van der Waals surface area contributed by atoms with E-state index in [2.05, 4.69) is 15.6 Å². The lowest BCUT2D eigenvalue weighted by molar-refractivity contribution is -0.144. The van der Waals surface area contributed by atoms with Crippen molar-refractivity contribution >= 4 is 52.3 Å². The van der Waals surface area contributed by atoms with Gasteiger partial charge in [-0.15, -0.1) is 0 Å². The summed E-state index contributed by atoms with van der Waals surface area (Å²) in [5.41, 5.74) is -5.92. The molecule has 4 aromatic rings. The van der Waals surface area contributed by atoms with Crippen LogP contribution in [-0.2, 0) is 42.8 Å². The zero-order chi connectivity index (χ0) is 51.3. The maximum atomic E-state index is 15.4. The highest BCUT2D eigenvalue weighted by Gasteiger charge is 2.52. The van der Waals surface area contributed by atoms with Gasteiger partial charge < -0.3 is 29.9 Å². The first-order chi connectivity index (χ1) is 32.9. The number of nitriles is 1. The number of likely N-dealkylation sites (tertiary alicyclic amines) is 1. The molecule has 2 aliphatic heterocycles. The van der Waals surface area contributed by atoms with Crippen molar-refractivity contribution in [1.82, 2.24) is 20.5 Å². The van der Waals surface area contributed by atoms with Crippen LogP contribution in [0.4, 0.5) is 42.1 Å². The molecule has 13 nitrogen and oxygen atoms in total. The predicted molar refractivity (Wildman–Crippen MR) is 247 cm³/mol. The summed E-state index contributed by atoms with van der Waals surface area (Å²) in [6.07, 6.45) is -7.23. The van der Waals surface area contributed by atoms with E-state index in [9.17, 15) is 45.5 Å². The Hall–Kier alpha value is -6.66. The minimum atomic E-state index is -5.27. The molecule has 0 saturated carbocycles. The number of rotatable bonds is 16. The van der Waals surface area contributed by atoms with Crippen molar-refractivity contribution in [3.63, 3.8) is 0 Å². The summed E-state index contributed by atoms with van der Waals surface area (Å²) in [6.45, 7) is 8.38. The Kier molecular flexibility index (Phi) is 15.9. The Balaban J connectivity index is 1.02. The average Bonchev–Trinajstić information content (AvgIpc) is 3.86. The third-order valence-electron chi connectivity index (χ3n) is 11.8. The highest BCUT2D eigenvalue weighted by atomic mass is 32.1. The fraction of sp³-hybridized carbons (Fsp3) is 0.408. The summed E-state index contributed by atoms with van der Waals surface area (Å²) in [5.74, 6) is -4.43. The molecule has 0 radical (unpaired) electrons. The number of pyridine rings is 1. The molecular weight excluding hydrogens is 948 g/mol. The predicted octanol–water partition coefficient (Wildman–Crippen LogP) is 8.73. The lowest BCUT2D eigenvalue weighted by Crippen LogP contribution is -2.58. The summed E-state index contributed by atoms with van der Waals surface area (Å²) in [6, 6.07) is 16.7. The first-order valence-corrected chi connectivity index (χ1v) is 22.5. The van der Waals surface area contributed by atoms with E-state index < -0.39 is 86.3 Å². The van der Waals surface area contributed by atoms with Gasteiger partial charge in [0.2, 0.25) is 17.7 Å². The van der Waals surface area contributed by atoms with Gasteiger partial charge in [-0.1, -0.05) is 51.1 Å². The van der Waals surface area contributed by atoms with E-state index in [0.717, 1.165) is 29.8 Å². The van der Waals surface area contributed by atoms with Gasteiger partial charge in [0.15, 0.2) is 10.9 Å². The lowest BCUT2D eigenvalue weighted by Gasteiger charge is -2.35. The van der Waals surface area contributed by atoms with E-state index in [0.29, 0.717) is 37.3 Å². The van der Waals surface area contributed by atoms with Crippen LogP contribution >= 0.6 is 12.2 Å². The van der Waals surface area contributed by atoms with Crippen molar-refractivity contribution < 1.29 is 59.4 Å². The van der Waals surface area contributed by atoms with Crippen LogP contribution in [0.1, 0.15) is 82.6 Å². The number of ether oxygens (including phenoxy) is 2. The molecule has 2 aliphatic rings. The molecule has 70 heavy (non-hydrogen) atoms. The minimum absolute atomic E-state index is 0.0400. The van der Waals surface area contributed by atoms with Gasteiger partial charge in [-0.05, 0) is 105 Å². The van der Waals surface area contributed by atoms with Crippen molar-refractivity contribution in [1.29, 1.82) is 5.26 Å². The highest BCUT2D eigenvalue weighted by molar-refractivity contribution is 7.81. The molecule has 2 fully saturated rings. The smallest absolute Gasteiger partial charge is 0.420 e. The third-order valence-corrected chi connectivity index (χ3v) is 12.1. The first-order valence-electron chi connectivity index (χ1n) is 22.1. The molecule has 0 bridgehead atoms. The van der Waals surface area contributed by atoms with Gasteiger partial charge >= 0.3 is 12.4 Å². The van der Waals surface area contributed by atoms with Crippen molar-refractivity contribution in [3.05, 3.63) is 107 Å². The molecule has 3 aromatic carbocycles. The number of aromatic nitrogens is 1. The number of amides is 4. The van der Waals surface area contributed by atoms with Gasteiger partial charge in [0.1, 0.15) is 35.5 Å². The molecule has 2 unspecified atom stereocenters. The number of nitrogens with one attached hydrogen (secondary N) is 2. The molecule has 2 N–H and O–H groups in total. The number of hydrogen-bond acceptors (Lipinski definition) is 9. The summed E-state index contributed by atoms with van der Waals surface area (Å²) >= 11 is 5.46. The van der Waals surface area contributed by atoms with Crippen LogP contribution in [0.15, 0.2) is 79.0 Å². The molecule has 4 amide bonds. The molecule has 3 heterocycles. The summed E-state index contributed by atoms with van der Waals surface area (Å²) < 4.78 is 111. The number of alkyl halides is 6. The normalized spacial score (nSPS) is 16.6. The Morgan fingerprint density at radius 2 is 1.66 bits per heavy atom. The first kappa shape index (κ1) is 52.7. The van der Waals surface area contributed by atoms with E-state index >= 15 is 4.39 Å². The van der Waals surface area contributed by atoms with Gasteiger partial charge in [-0.25, -0.2) is 4.39 Å². The molecule has 6 rings (SSSR count). The molecule has 2 saturated heterocycles. The lowest BCUT2D eigenvalue weighted by atomic mass is 9.85. The zero-order valence-corrected chi connectivity index (χ0v) is 39.6. The number of anilines is 2. The number of nitrogens with zero attached hydrogens (tertiary/aromatic N) is 5. The maximum Gasteiger partial charge on any atom is 0.420 e. The molecule has 372 valence electrons. The number of halogens is 7. The van der Waals surface area contributed by atoms with Crippen molar-refractivity contribution in [2.24, 2.45) is 5.41 Å². The molecule has 1 aromatic heterocycles. The standard InChI is InChI=1S/C49H50F7N7O6S/c1-46(2,3)41(43(66)61-21-11-14-36(61)42(65)59-26-29-12-7-6-8-13-29)60-38(64)28-68-22-9-10-23-69-37-20-16-30(24-33(37)48(51,52)53)34-18-17-32(27-58-34)63-45(70)62(44(67)47(63,4)5)35-19-15-31(25-57)39(40(35)50)49(54,55)56/h6-8,12-13,15-20,24,27,36,41H,9-11,14,21-23,26,28H2,1-5H3,(H,59,65)(H,60,64). The summed E-state index contributed by atoms with van der Waals surface area (Å²) in [5, 5.41) is 14.4. The van der Waals surface area contributed by atoms with E-state index in [1.165, 1.54) is 54.1 Å². The highest BCUT2D eigenvalue weighted by Crippen LogP contribution is 2.43. The second-order valence-corrected chi connectivity index (χ2v) is 18.6. The van der Waals surface area contributed by atoms with Crippen LogP contribution in [0.2, 0.25) is 0 Å². The second-order valence-electron chi connectivity index (χ2n) is 18.2. The maximum absolute atomic E-state index is 15.4. The topological polar surface area (TPSA) is 157 Å². The average molecular weight is 998 g/mol. The van der Waals surface area contributed by atoms with Gasteiger partial charge in [0, 0.05) is 25.3 Å². The SMILES string of the molecule is CC(C)(C)C(NC(=O)COCCCCOc1ccc(-c2ccc(N3C(=S)N(c4ccc(C#N)c(C(F)(F)F)c4F)C(=O)C3(C)C)cn2)cc1C(F)(F)F)C(=O)N1CCCC1C(=O)NCc1ccccc1. The van der Waals surface area contributed by atoms with Gasteiger partial charge in [-0.3, -0.25) is 29.1 Å². The van der Waals surface area contributed by atoms with Crippen LogP contribution in [0.25, 0.3) is 11.3 Å². The van der Waals surface area contributed by atoms with Crippen LogP contribution in [-0.4, -0.2) is 82.6 Å². The fourth-order valence-electron chi connectivity index (χ4n) is 8.15. The molecule has 0 spiro atoms. The zero-order valence-electron chi connectivity index (χ0n) is 38.8. The summed E-state index contributed by atoms with van der Waals surface area (Å²) in [7, 11) is 0. The van der Waals surface area contributed by atoms with Crippen LogP contribution < -0.4 is 25.2 Å². The van der Waals surface area contributed by atoms with E-state index in [1.807, 2.05) is 30.3 Å². The number of hydrogen-bond donors (Lipinski definition) is 2. The van der Waals surface area contributed by atoms with Crippen LogP contribution in [0.5, 0.6) is 5.75 Å². The Morgan fingerprint density at radius 3 is 2.29 bits per heavy atom. The molecule has 0 aliphatic carbocycles. The Labute approximate surface area is 404 Å². The Bertz CT molecular complexity index is 2650.